The van der Waals surface area contributed by atoms with E-state index in [4.69, 9.17) is 16.3 Å². The molecule has 0 fully saturated rings. The van der Waals surface area contributed by atoms with Gasteiger partial charge in [0.25, 0.3) is 5.91 Å². The van der Waals surface area contributed by atoms with Crippen LogP contribution in [0, 0.1) is 0 Å². The van der Waals surface area contributed by atoms with Crippen molar-refractivity contribution in [2.75, 3.05) is 20.7 Å². The highest BCUT2D eigenvalue weighted by Gasteiger charge is 2.34. The van der Waals surface area contributed by atoms with Gasteiger partial charge < -0.3 is 15.0 Å². The topological polar surface area (TPSA) is 74.2 Å². The van der Waals surface area contributed by atoms with Gasteiger partial charge in [-0.3, -0.25) is 4.79 Å². The van der Waals surface area contributed by atoms with Gasteiger partial charge in [0.15, 0.2) is 0 Å². The number of carbonyl (C=O) groups is 2. The summed E-state index contributed by atoms with van der Waals surface area (Å²) < 4.78 is 5.25. The largest absolute Gasteiger partial charge is 0.497 e. The number of rotatable bonds is 6. The van der Waals surface area contributed by atoms with E-state index in [9.17, 15) is 9.59 Å². The third-order valence-corrected chi connectivity index (χ3v) is 5.31. The van der Waals surface area contributed by atoms with Gasteiger partial charge in [-0.15, -0.1) is 0 Å². The highest BCUT2D eigenvalue weighted by Crippen LogP contribution is 2.35. The number of hydrogen-bond acceptors (Lipinski definition) is 4. The summed E-state index contributed by atoms with van der Waals surface area (Å²) in [4.78, 5) is 26.7. The van der Waals surface area contributed by atoms with Gasteiger partial charge in [0.05, 0.1) is 18.9 Å². The highest BCUT2D eigenvalue weighted by atomic mass is 35.5. The molecule has 1 N–H and O–H groups in total. The van der Waals surface area contributed by atoms with E-state index in [1.54, 1.807) is 20.2 Å². The SMILES string of the molecule is COc1ccc([C@@H]2CC(c3ccccc3Cl)=NN2C(=O)CN(C)C(=O)NC(C)C)cc1. The average molecular weight is 443 g/mol. The zero-order chi connectivity index (χ0) is 22.5. The lowest BCUT2D eigenvalue weighted by molar-refractivity contribution is -0.133. The number of nitrogens with zero attached hydrogens (tertiary/aromatic N) is 3. The van der Waals surface area contributed by atoms with Gasteiger partial charge in [0, 0.05) is 30.1 Å². The number of amides is 3. The van der Waals surface area contributed by atoms with Crippen LogP contribution in [0.4, 0.5) is 4.79 Å². The second-order valence-electron chi connectivity index (χ2n) is 7.72. The fourth-order valence-electron chi connectivity index (χ4n) is 3.39. The average Bonchev–Trinajstić information content (AvgIpc) is 3.19. The number of hydrogen-bond donors (Lipinski definition) is 1. The van der Waals surface area contributed by atoms with Crippen molar-refractivity contribution in [3.8, 4) is 5.75 Å². The molecular formula is C23H27ClN4O3. The van der Waals surface area contributed by atoms with E-state index in [-0.39, 0.29) is 30.6 Å². The quantitative estimate of drug-likeness (QED) is 0.732. The maximum atomic E-state index is 13.2. The van der Waals surface area contributed by atoms with Crippen molar-refractivity contribution >= 4 is 29.3 Å². The molecule has 7 nitrogen and oxygen atoms in total. The van der Waals surface area contributed by atoms with Crippen LogP contribution in [0.5, 0.6) is 5.75 Å². The number of methoxy groups -OCH3 is 1. The molecule has 8 heteroatoms. The Morgan fingerprint density at radius 3 is 2.52 bits per heavy atom. The molecule has 0 saturated carbocycles. The van der Waals surface area contributed by atoms with Crippen LogP contribution in [0.3, 0.4) is 0 Å². The van der Waals surface area contributed by atoms with Gasteiger partial charge in [-0.2, -0.15) is 5.10 Å². The summed E-state index contributed by atoms with van der Waals surface area (Å²) >= 11 is 6.38. The molecule has 2 aromatic carbocycles. The van der Waals surface area contributed by atoms with Crippen molar-refractivity contribution in [3.63, 3.8) is 0 Å². The molecule has 1 atom stereocenters. The molecule has 164 valence electrons. The van der Waals surface area contributed by atoms with E-state index in [0.717, 1.165) is 22.6 Å². The highest BCUT2D eigenvalue weighted by molar-refractivity contribution is 6.34. The van der Waals surface area contributed by atoms with Crippen LogP contribution in [-0.2, 0) is 4.79 Å². The molecule has 31 heavy (non-hydrogen) atoms. The van der Waals surface area contributed by atoms with Crippen LogP contribution in [0.25, 0.3) is 0 Å². The summed E-state index contributed by atoms with van der Waals surface area (Å²) in [5, 5.41) is 9.44. The van der Waals surface area contributed by atoms with Gasteiger partial charge in [0.1, 0.15) is 12.3 Å². The molecule has 0 saturated heterocycles. The Kier molecular flexibility index (Phi) is 7.17. The Balaban J connectivity index is 1.88. The number of carbonyl (C=O) groups excluding carboxylic acids is 2. The maximum absolute atomic E-state index is 13.2. The molecule has 0 unspecified atom stereocenters. The van der Waals surface area contributed by atoms with Crippen molar-refractivity contribution in [1.29, 1.82) is 0 Å². The van der Waals surface area contributed by atoms with Crippen LogP contribution in [0.15, 0.2) is 53.6 Å². The third kappa shape index (κ3) is 5.35. The molecular weight excluding hydrogens is 416 g/mol. The fourth-order valence-corrected chi connectivity index (χ4v) is 3.63. The Labute approximate surface area is 187 Å². The molecule has 2 aromatic rings. The molecule has 1 aliphatic rings. The zero-order valence-corrected chi connectivity index (χ0v) is 18.9. The predicted octanol–water partition coefficient (Wildman–Crippen LogP) is 4.08. The van der Waals surface area contributed by atoms with Gasteiger partial charge in [-0.25, -0.2) is 9.80 Å². The second-order valence-corrected chi connectivity index (χ2v) is 8.13. The minimum absolute atomic E-state index is 0.0197. The molecule has 0 aromatic heterocycles. The second kappa shape index (κ2) is 9.83. The number of benzene rings is 2. The van der Waals surface area contributed by atoms with Crippen molar-refractivity contribution in [3.05, 3.63) is 64.7 Å². The monoisotopic (exact) mass is 442 g/mol. The summed E-state index contributed by atoms with van der Waals surface area (Å²) in [7, 11) is 3.20. The summed E-state index contributed by atoms with van der Waals surface area (Å²) in [6, 6.07) is 14.4. The van der Waals surface area contributed by atoms with E-state index in [1.807, 2.05) is 56.3 Å². The lowest BCUT2D eigenvalue weighted by Gasteiger charge is -2.25. The number of urea groups is 1. The number of hydrazone groups is 1. The van der Waals surface area contributed by atoms with Crippen LogP contribution < -0.4 is 10.1 Å². The normalized spacial score (nSPS) is 15.6. The molecule has 1 aliphatic heterocycles. The molecule has 0 radical (unpaired) electrons. The Bertz CT molecular complexity index is 975. The molecule has 0 aliphatic carbocycles. The van der Waals surface area contributed by atoms with Gasteiger partial charge in [0.2, 0.25) is 0 Å². The Morgan fingerprint density at radius 2 is 1.90 bits per heavy atom. The maximum Gasteiger partial charge on any atom is 0.317 e. The lowest BCUT2D eigenvalue weighted by Crippen LogP contribution is -2.45. The number of nitrogens with one attached hydrogen (secondary N) is 1. The minimum atomic E-state index is -0.307. The Morgan fingerprint density at radius 1 is 1.23 bits per heavy atom. The van der Waals surface area contributed by atoms with Crippen LogP contribution >= 0.6 is 11.6 Å². The van der Waals surface area contributed by atoms with Gasteiger partial charge in [-0.05, 0) is 37.6 Å². The van der Waals surface area contributed by atoms with E-state index >= 15 is 0 Å². The van der Waals surface area contributed by atoms with Crippen LogP contribution in [-0.4, -0.2) is 54.3 Å². The first-order chi connectivity index (χ1) is 14.8. The number of likely N-dealkylation sites (N-methyl/N-ethyl adjacent to an activating group) is 1. The zero-order valence-electron chi connectivity index (χ0n) is 18.1. The number of halogens is 1. The molecule has 3 rings (SSSR count). The smallest absolute Gasteiger partial charge is 0.317 e. The third-order valence-electron chi connectivity index (χ3n) is 4.98. The minimum Gasteiger partial charge on any atom is -0.497 e. The Hall–Kier alpha value is -3.06. The van der Waals surface area contributed by atoms with E-state index in [0.29, 0.717) is 11.4 Å². The first kappa shape index (κ1) is 22.6. The van der Waals surface area contributed by atoms with Crippen molar-refractivity contribution in [1.82, 2.24) is 15.2 Å². The van der Waals surface area contributed by atoms with Crippen molar-refractivity contribution < 1.29 is 14.3 Å². The van der Waals surface area contributed by atoms with Gasteiger partial charge >= 0.3 is 6.03 Å². The van der Waals surface area contributed by atoms with Crippen molar-refractivity contribution in [2.45, 2.75) is 32.4 Å². The summed E-state index contributed by atoms with van der Waals surface area (Å²) in [6.45, 7) is 3.65. The van der Waals surface area contributed by atoms with Gasteiger partial charge in [-0.1, -0.05) is 41.9 Å². The fraction of sp³-hybridized carbons (Fsp3) is 0.348. The lowest BCUT2D eigenvalue weighted by atomic mass is 9.98. The van der Waals surface area contributed by atoms with Crippen molar-refractivity contribution in [2.24, 2.45) is 5.10 Å². The molecule has 1 heterocycles. The first-order valence-electron chi connectivity index (χ1n) is 10.1. The molecule has 0 bridgehead atoms. The van der Waals surface area contributed by atoms with Crippen LogP contribution in [0.2, 0.25) is 5.02 Å². The predicted molar refractivity (Wildman–Crippen MR) is 121 cm³/mol. The summed E-state index contributed by atoms with van der Waals surface area (Å²) in [6.07, 6.45) is 0.518. The summed E-state index contributed by atoms with van der Waals surface area (Å²) in [5.41, 5.74) is 2.45. The van der Waals surface area contributed by atoms with E-state index in [2.05, 4.69) is 10.4 Å². The number of ether oxygens (including phenoxy) is 1. The first-order valence-corrected chi connectivity index (χ1v) is 10.5. The summed E-state index contributed by atoms with van der Waals surface area (Å²) in [5.74, 6) is 0.459. The van der Waals surface area contributed by atoms with Crippen LogP contribution in [0.1, 0.15) is 37.4 Å². The molecule has 3 amide bonds. The van der Waals surface area contributed by atoms with E-state index < -0.39 is 0 Å². The van der Waals surface area contributed by atoms with E-state index in [1.165, 1.54) is 9.91 Å². The molecule has 0 spiro atoms. The standard InChI is InChI=1S/C23H27ClN4O3/c1-15(2)25-23(30)27(3)14-22(29)28-21(16-9-11-17(31-4)12-10-16)13-20(26-28)18-7-5-6-8-19(18)24/h5-12,15,21H,13-14H2,1-4H3,(H,25,30)/t21-/m0/s1.